The zero-order chi connectivity index (χ0) is 33.0. The number of sulfonamides is 2. The Morgan fingerprint density at radius 3 is 2.13 bits per heavy atom. The molecule has 3 aromatic carbocycles. The maximum atomic E-state index is 13.3. The number of fused-ring (bicyclic) bond motifs is 1. The molecule has 1 aliphatic carbocycles. The molecule has 12 nitrogen and oxygen atoms in total. The van der Waals surface area contributed by atoms with Crippen LogP contribution in [-0.4, -0.2) is 64.8 Å². The Morgan fingerprint density at radius 1 is 0.957 bits per heavy atom. The molecule has 0 spiro atoms. The fourth-order valence-electron chi connectivity index (χ4n) is 5.77. The molecule has 1 atom stereocenters. The molecule has 2 fully saturated rings. The number of primary amides is 1. The van der Waals surface area contributed by atoms with Gasteiger partial charge in [-0.05, 0) is 85.3 Å². The van der Waals surface area contributed by atoms with Crippen molar-refractivity contribution in [2.24, 2.45) is 5.73 Å². The third-order valence-corrected chi connectivity index (χ3v) is 10.4. The van der Waals surface area contributed by atoms with Crippen LogP contribution < -0.4 is 14.8 Å². The van der Waals surface area contributed by atoms with E-state index < -0.39 is 44.0 Å². The number of hydrogen-bond donors (Lipinski definition) is 1. The van der Waals surface area contributed by atoms with E-state index in [2.05, 4.69) is 0 Å². The van der Waals surface area contributed by atoms with E-state index in [1.54, 1.807) is 30.3 Å². The average Bonchev–Trinajstić information content (AvgIpc) is 3.57. The minimum atomic E-state index is -3.91. The average molecular weight is 672 g/mol. The highest BCUT2D eigenvalue weighted by Crippen LogP contribution is 2.49. The van der Waals surface area contributed by atoms with Gasteiger partial charge in [0.05, 0.1) is 24.2 Å². The molecular formula is C31H30FN3O9S2. The maximum absolute atomic E-state index is 13.3. The lowest BCUT2D eigenvalue weighted by molar-refractivity contribution is 0.0640. The molecule has 1 unspecified atom stereocenters. The van der Waals surface area contributed by atoms with Crippen LogP contribution in [-0.2, 0) is 24.8 Å². The molecule has 1 saturated heterocycles. The number of halogens is 1. The van der Waals surface area contributed by atoms with Crippen molar-refractivity contribution in [1.82, 2.24) is 4.31 Å². The Morgan fingerprint density at radius 2 is 1.59 bits per heavy atom. The van der Waals surface area contributed by atoms with Gasteiger partial charge in [0, 0.05) is 30.1 Å². The van der Waals surface area contributed by atoms with Crippen molar-refractivity contribution in [1.29, 1.82) is 0 Å². The fourth-order valence-corrected chi connectivity index (χ4v) is 7.88. The van der Waals surface area contributed by atoms with Crippen LogP contribution in [0.25, 0.3) is 22.3 Å². The van der Waals surface area contributed by atoms with Crippen LogP contribution in [0.4, 0.5) is 14.9 Å². The van der Waals surface area contributed by atoms with Crippen molar-refractivity contribution >= 4 is 48.8 Å². The molecule has 4 aromatic rings. The van der Waals surface area contributed by atoms with Gasteiger partial charge in [0.1, 0.15) is 34.2 Å². The largest absolute Gasteiger partial charge is 0.457 e. The molecular weight excluding hydrogens is 641 g/mol. The zero-order valence-electron chi connectivity index (χ0n) is 24.8. The van der Waals surface area contributed by atoms with E-state index >= 15 is 0 Å². The summed E-state index contributed by atoms with van der Waals surface area (Å²) in [6.07, 6.45) is 2.67. The molecule has 1 amide bonds. The normalized spacial score (nSPS) is 17.2. The number of nitrogens with zero attached hydrogens (tertiary/aromatic N) is 2. The molecule has 2 aliphatic rings. The zero-order valence-corrected chi connectivity index (χ0v) is 26.4. The van der Waals surface area contributed by atoms with Gasteiger partial charge < -0.3 is 19.6 Å². The van der Waals surface area contributed by atoms with Gasteiger partial charge in [-0.15, -0.1) is 0 Å². The number of anilines is 1. The SMILES string of the molecule is CS(=O)(=O)N1CCC(N(c2cc3oc(-c4ccc(Oc5ccc(F)cc5)cc4)c(C(=O)OC(N)=O)c3cc2C2CC2)S(C)(=O)=O)C1. The number of esters is 1. The molecule has 2 N–H and O–H groups in total. The molecule has 1 saturated carbocycles. The lowest BCUT2D eigenvalue weighted by Gasteiger charge is -2.30. The first kappa shape index (κ1) is 31.5. The number of hydrogen-bond acceptors (Lipinski definition) is 9. The van der Waals surface area contributed by atoms with E-state index in [1.165, 1.54) is 38.9 Å². The van der Waals surface area contributed by atoms with E-state index in [1.807, 2.05) is 0 Å². The van der Waals surface area contributed by atoms with Gasteiger partial charge in [-0.3, -0.25) is 4.31 Å². The molecule has 2 heterocycles. The Hall–Kier alpha value is -4.47. The van der Waals surface area contributed by atoms with Crippen LogP contribution in [0.5, 0.6) is 11.5 Å². The van der Waals surface area contributed by atoms with Crippen LogP contribution in [0.2, 0.25) is 0 Å². The Balaban J connectivity index is 1.46. The topological polar surface area (TPSA) is 167 Å². The van der Waals surface area contributed by atoms with Gasteiger partial charge >= 0.3 is 12.1 Å². The van der Waals surface area contributed by atoms with Crippen molar-refractivity contribution in [3.8, 4) is 22.8 Å². The molecule has 0 radical (unpaired) electrons. The highest BCUT2D eigenvalue weighted by Gasteiger charge is 2.40. The van der Waals surface area contributed by atoms with Gasteiger partial charge in [0.25, 0.3) is 0 Å². The molecule has 1 aromatic heterocycles. The fraction of sp³-hybridized carbons (Fsp3) is 0.290. The number of amides is 1. The Kier molecular flexibility index (Phi) is 8.02. The van der Waals surface area contributed by atoms with Crippen LogP contribution in [0.1, 0.15) is 41.1 Å². The lowest BCUT2D eigenvalue weighted by Crippen LogP contribution is -2.42. The number of furan rings is 1. The second-order valence-corrected chi connectivity index (χ2v) is 15.2. The highest BCUT2D eigenvalue weighted by atomic mass is 32.2. The van der Waals surface area contributed by atoms with Crippen molar-refractivity contribution in [2.45, 2.75) is 31.2 Å². The summed E-state index contributed by atoms with van der Waals surface area (Å²) in [5.74, 6) is -0.617. The van der Waals surface area contributed by atoms with E-state index in [0.29, 0.717) is 28.3 Å². The minimum Gasteiger partial charge on any atom is -0.457 e. The molecule has 15 heteroatoms. The number of carbonyl (C=O) groups excluding carboxylic acids is 2. The van der Waals surface area contributed by atoms with E-state index in [9.17, 15) is 30.8 Å². The van der Waals surface area contributed by atoms with Crippen LogP contribution in [0.15, 0.2) is 65.1 Å². The molecule has 0 bridgehead atoms. The standard InChI is InChI=1S/C31H30FN3O9S2/c1-45(38,39)34-14-13-21(17-34)35(46(2,40)41)26-16-27-25(15-24(26)18-3-4-18)28(30(36)44-31(33)37)29(43-27)19-5-9-22(10-6-19)42-23-11-7-20(32)8-12-23/h5-12,15-16,18,21H,3-4,13-14,17H2,1-2H3,(H2,33,37). The Bertz CT molecular complexity index is 2060. The summed E-state index contributed by atoms with van der Waals surface area (Å²) in [4.78, 5) is 24.9. The van der Waals surface area contributed by atoms with E-state index in [4.69, 9.17) is 19.6 Å². The van der Waals surface area contributed by atoms with Crippen LogP contribution in [0.3, 0.4) is 0 Å². The predicted octanol–water partition coefficient (Wildman–Crippen LogP) is 4.94. The molecule has 1 aliphatic heterocycles. The quantitative estimate of drug-likeness (QED) is 0.191. The number of nitrogens with two attached hydrogens (primary N) is 1. The second-order valence-electron chi connectivity index (χ2n) is 11.4. The van der Waals surface area contributed by atoms with Gasteiger partial charge in [0.15, 0.2) is 0 Å². The van der Waals surface area contributed by atoms with Crippen LogP contribution in [0, 0.1) is 5.82 Å². The first-order valence-electron chi connectivity index (χ1n) is 14.3. The smallest absolute Gasteiger partial charge is 0.412 e. The summed E-state index contributed by atoms with van der Waals surface area (Å²) in [5, 5.41) is 0.288. The first-order chi connectivity index (χ1) is 21.7. The van der Waals surface area contributed by atoms with Gasteiger partial charge in [-0.1, -0.05) is 0 Å². The van der Waals surface area contributed by atoms with Crippen molar-refractivity contribution < 1.29 is 44.7 Å². The number of carbonyl (C=O) groups is 2. The van der Waals surface area contributed by atoms with E-state index in [-0.39, 0.29) is 47.7 Å². The Labute approximate surface area is 264 Å². The van der Waals surface area contributed by atoms with Gasteiger partial charge in [-0.2, -0.15) is 4.31 Å². The third kappa shape index (κ3) is 6.43. The summed E-state index contributed by atoms with van der Waals surface area (Å²) >= 11 is 0. The van der Waals surface area contributed by atoms with Crippen LogP contribution >= 0.6 is 0 Å². The first-order valence-corrected chi connectivity index (χ1v) is 18.0. The van der Waals surface area contributed by atoms with Gasteiger partial charge in [-0.25, -0.2) is 30.8 Å². The van der Waals surface area contributed by atoms with Crippen molar-refractivity contribution in [2.75, 3.05) is 29.9 Å². The summed E-state index contributed by atoms with van der Waals surface area (Å²) in [5.41, 5.74) is 6.62. The summed E-state index contributed by atoms with van der Waals surface area (Å²) < 4.78 is 83.5. The van der Waals surface area contributed by atoms with Gasteiger partial charge in [0.2, 0.25) is 20.0 Å². The molecule has 242 valence electrons. The summed E-state index contributed by atoms with van der Waals surface area (Å²) in [6, 6.07) is 14.4. The highest BCUT2D eigenvalue weighted by molar-refractivity contribution is 7.92. The summed E-state index contributed by atoms with van der Waals surface area (Å²) in [6.45, 7) is 0.158. The lowest BCUT2D eigenvalue weighted by atomic mass is 10.0. The number of ether oxygens (including phenoxy) is 2. The van der Waals surface area contributed by atoms with E-state index in [0.717, 1.165) is 25.4 Å². The molecule has 46 heavy (non-hydrogen) atoms. The number of benzene rings is 3. The minimum absolute atomic E-state index is 0.0139. The second kappa shape index (κ2) is 11.7. The molecule has 6 rings (SSSR count). The summed E-state index contributed by atoms with van der Waals surface area (Å²) in [7, 11) is -7.45. The predicted molar refractivity (Wildman–Crippen MR) is 167 cm³/mol. The third-order valence-electron chi connectivity index (χ3n) is 7.94. The maximum Gasteiger partial charge on any atom is 0.412 e. The van der Waals surface area contributed by atoms with Crippen molar-refractivity contribution in [3.05, 3.63) is 77.6 Å². The monoisotopic (exact) mass is 671 g/mol. The number of rotatable bonds is 9. The van der Waals surface area contributed by atoms with Crippen molar-refractivity contribution in [3.63, 3.8) is 0 Å².